The van der Waals surface area contributed by atoms with Crippen molar-refractivity contribution in [1.29, 1.82) is 0 Å². The lowest BCUT2D eigenvalue weighted by Gasteiger charge is -2.34. The fourth-order valence-electron chi connectivity index (χ4n) is 5.92. The van der Waals surface area contributed by atoms with E-state index in [0.29, 0.717) is 18.4 Å². The topological polar surface area (TPSA) is 49.4 Å². The van der Waals surface area contributed by atoms with Gasteiger partial charge in [0.1, 0.15) is 0 Å². The van der Waals surface area contributed by atoms with Crippen molar-refractivity contribution in [3.8, 4) is 0 Å². The highest BCUT2D eigenvalue weighted by Crippen LogP contribution is 2.51. The van der Waals surface area contributed by atoms with Gasteiger partial charge in [0.15, 0.2) is 0 Å². The first-order valence-corrected chi connectivity index (χ1v) is 10.9. The maximum atomic E-state index is 12.9. The molecule has 130 valence electrons. The van der Waals surface area contributed by atoms with Gasteiger partial charge in [-0.2, -0.15) is 17.4 Å². The van der Waals surface area contributed by atoms with E-state index in [9.17, 15) is 8.42 Å². The molecule has 1 aliphatic heterocycles. The summed E-state index contributed by atoms with van der Waals surface area (Å²) >= 11 is 0. The molecule has 4 nitrogen and oxygen atoms in total. The average Bonchev–Trinajstić information content (AvgIpc) is 3.19. The Morgan fingerprint density at radius 2 is 1.54 bits per heavy atom. The maximum Gasteiger partial charge on any atom is 0.280 e. The Kier molecular flexibility index (Phi) is 3.39. The van der Waals surface area contributed by atoms with Gasteiger partial charge in [0.05, 0.1) is 5.54 Å². The van der Waals surface area contributed by atoms with Gasteiger partial charge >= 0.3 is 0 Å². The Morgan fingerprint density at radius 1 is 0.958 bits per heavy atom. The Hall–Kier alpha value is -0.910. The molecular formula is C19H26N2O2S. The van der Waals surface area contributed by atoms with Crippen molar-refractivity contribution in [3.63, 3.8) is 0 Å². The molecule has 5 heteroatoms. The molecule has 1 spiro atoms. The molecule has 2 bridgehead atoms. The highest BCUT2D eigenvalue weighted by atomic mass is 32.2. The molecule has 0 amide bonds. The molecule has 1 heterocycles. The van der Waals surface area contributed by atoms with E-state index in [2.05, 4.69) is 29.0 Å². The smallest absolute Gasteiger partial charge is 0.195 e. The fourth-order valence-corrected chi connectivity index (χ4v) is 7.90. The van der Waals surface area contributed by atoms with E-state index in [1.807, 2.05) is 4.31 Å². The van der Waals surface area contributed by atoms with Gasteiger partial charge < -0.3 is 0 Å². The van der Waals surface area contributed by atoms with Crippen molar-refractivity contribution in [3.05, 3.63) is 35.4 Å². The molecule has 4 aliphatic rings. The predicted molar refractivity (Wildman–Crippen MR) is 93.8 cm³/mol. The molecule has 24 heavy (non-hydrogen) atoms. The van der Waals surface area contributed by atoms with Gasteiger partial charge in [-0.25, -0.2) is 0 Å². The molecule has 1 aromatic rings. The molecule has 1 aromatic carbocycles. The Bertz CT molecular complexity index is 721. The van der Waals surface area contributed by atoms with Gasteiger partial charge in [0, 0.05) is 12.6 Å². The summed E-state index contributed by atoms with van der Waals surface area (Å²) in [4.78, 5) is 0. The van der Waals surface area contributed by atoms with Crippen molar-refractivity contribution in [2.24, 2.45) is 11.8 Å². The Labute approximate surface area is 144 Å². The van der Waals surface area contributed by atoms with Gasteiger partial charge in [0.25, 0.3) is 10.2 Å². The van der Waals surface area contributed by atoms with Crippen LogP contribution in [0.2, 0.25) is 0 Å². The second-order valence-corrected chi connectivity index (χ2v) is 9.90. The number of hydrogen-bond acceptors (Lipinski definition) is 2. The third-order valence-electron chi connectivity index (χ3n) is 7.15. The molecular weight excluding hydrogens is 320 g/mol. The molecule has 3 aliphatic carbocycles. The summed E-state index contributed by atoms with van der Waals surface area (Å²) < 4.78 is 30.9. The molecule has 1 saturated heterocycles. The largest absolute Gasteiger partial charge is 0.280 e. The monoisotopic (exact) mass is 346 g/mol. The summed E-state index contributed by atoms with van der Waals surface area (Å²) in [7, 11) is -3.32. The highest BCUT2D eigenvalue weighted by Gasteiger charge is 2.60. The van der Waals surface area contributed by atoms with Gasteiger partial charge in [-0.05, 0) is 61.5 Å². The molecule has 3 fully saturated rings. The van der Waals surface area contributed by atoms with Gasteiger partial charge in [0.2, 0.25) is 0 Å². The average molecular weight is 346 g/mol. The van der Waals surface area contributed by atoms with Gasteiger partial charge in [-0.15, -0.1) is 0 Å². The maximum absolute atomic E-state index is 12.9. The third kappa shape index (κ3) is 2.14. The van der Waals surface area contributed by atoms with Gasteiger partial charge in [-0.1, -0.05) is 37.1 Å². The number of nitrogens with one attached hydrogen (secondary N) is 1. The minimum absolute atomic E-state index is 0.229. The van der Waals surface area contributed by atoms with Crippen LogP contribution in [0.1, 0.15) is 49.7 Å². The lowest BCUT2D eigenvalue weighted by atomic mass is 9.79. The number of nitrogens with zero attached hydrogens (tertiary/aromatic N) is 1. The summed E-state index contributed by atoms with van der Waals surface area (Å²) in [5, 5.41) is 0. The van der Waals surface area contributed by atoms with Crippen molar-refractivity contribution >= 4 is 10.2 Å². The van der Waals surface area contributed by atoms with Crippen LogP contribution in [0.5, 0.6) is 0 Å². The van der Waals surface area contributed by atoms with Crippen LogP contribution in [0.15, 0.2) is 24.3 Å². The van der Waals surface area contributed by atoms with Crippen molar-refractivity contribution < 1.29 is 8.42 Å². The van der Waals surface area contributed by atoms with E-state index in [1.165, 1.54) is 24.0 Å². The number of hydrogen-bond donors (Lipinski definition) is 1. The SMILES string of the molecule is O=S1(=O)NC2(CN1C1CCCC1)C1CCC2Cc2ccccc2C1. The van der Waals surface area contributed by atoms with E-state index in [0.717, 1.165) is 38.5 Å². The van der Waals surface area contributed by atoms with Crippen LogP contribution >= 0.6 is 0 Å². The normalized spacial score (nSPS) is 38.5. The third-order valence-corrected chi connectivity index (χ3v) is 8.83. The molecule has 2 saturated carbocycles. The summed E-state index contributed by atoms with van der Waals surface area (Å²) in [6.45, 7) is 0.698. The zero-order valence-corrected chi connectivity index (χ0v) is 14.9. The molecule has 2 unspecified atom stereocenters. The van der Waals surface area contributed by atoms with E-state index in [1.54, 1.807) is 0 Å². The fraction of sp³-hybridized carbons (Fsp3) is 0.684. The first-order valence-electron chi connectivity index (χ1n) is 9.46. The van der Waals surface area contributed by atoms with Crippen LogP contribution in [0.25, 0.3) is 0 Å². The zero-order chi connectivity index (χ0) is 16.4. The van der Waals surface area contributed by atoms with Crippen LogP contribution in [0, 0.1) is 11.8 Å². The van der Waals surface area contributed by atoms with Crippen LogP contribution in [0.3, 0.4) is 0 Å². The predicted octanol–water partition coefficient (Wildman–Crippen LogP) is 2.64. The first kappa shape index (κ1) is 15.4. The lowest BCUT2D eigenvalue weighted by Crippen LogP contribution is -2.52. The molecule has 1 N–H and O–H groups in total. The van der Waals surface area contributed by atoms with Crippen molar-refractivity contribution in [2.45, 2.75) is 62.9 Å². The number of benzene rings is 1. The summed E-state index contributed by atoms with van der Waals surface area (Å²) in [5.74, 6) is 0.875. The number of rotatable bonds is 1. The zero-order valence-electron chi connectivity index (χ0n) is 14.1. The van der Waals surface area contributed by atoms with Crippen LogP contribution in [0.4, 0.5) is 0 Å². The number of fused-ring (bicyclic) bond motifs is 1. The molecule has 5 rings (SSSR count). The van der Waals surface area contributed by atoms with Crippen molar-refractivity contribution in [1.82, 2.24) is 9.03 Å². The van der Waals surface area contributed by atoms with E-state index in [4.69, 9.17) is 0 Å². The first-order chi connectivity index (χ1) is 11.6. The molecule has 0 aromatic heterocycles. The second-order valence-electron chi connectivity index (χ2n) is 8.28. The van der Waals surface area contributed by atoms with Crippen molar-refractivity contribution in [2.75, 3.05) is 6.54 Å². The van der Waals surface area contributed by atoms with Crippen LogP contribution < -0.4 is 4.72 Å². The summed E-state index contributed by atoms with van der Waals surface area (Å²) in [5.41, 5.74) is 2.63. The Morgan fingerprint density at radius 3 is 2.12 bits per heavy atom. The quantitative estimate of drug-likeness (QED) is 0.850. The van der Waals surface area contributed by atoms with E-state index >= 15 is 0 Å². The minimum Gasteiger partial charge on any atom is -0.195 e. The summed E-state index contributed by atoms with van der Waals surface area (Å²) in [6.07, 6.45) is 8.75. The second kappa shape index (κ2) is 5.29. The minimum atomic E-state index is -3.32. The summed E-state index contributed by atoms with van der Waals surface area (Å²) in [6, 6.07) is 8.94. The molecule has 0 radical (unpaired) electrons. The lowest BCUT2D eigenvalue weighted by molar-refractivity contribution is 0.195. The van der Waals surface area contributed by atoms with Crippen LogP contribution in [-0.4, -0.2) is 30.8 Å². The highest BCUT2D eigenvalue weighted by molar-refractivity contribution is 7.87. The standard InChI is InChI=1S/C19H26N2O2S/c22-24(23)20-19(13-21(24)18-7-3-4-8-18)16-9-10-17(19)12-15-6-2-1-5-14(15)11-16/h1-2,5-6,16-18,20H,3-4,7-13H2. The van der Waals surface area contributed by atoms with Gasteiger partial charge in [-0.3, -0.25) is 0 Å². The Balaban J connectivity index is 1.52. The van der Waals surface area contributed by atoms with E-state index in [-0.39, 0.29) is 11.6 Å². The van der Waals surface area contributed by atoms with Crippen LogP contribution in [-0.2, 0) is 23.1 Å². The van der Waals surface area contributed by atoms with E-state index < -0.39 is 10.2 Å². The molecule has 2 atom stereocenters.